The van der Waals surface area contributed by atoms with Crippen LogP contribution < -0.4 is 0 Å². The maximum absolute atomic E-state index is 13.5. The van der Waals surface area contributed by atoms with Crippen molar-refractivity contribution in [1.82, 2.24) is 0 Å². The minimum atomic E-state index is -1.50. The van der Waals surface area contributed by atoms with Gasteiger partial charge in [-0.15, -0.1) is 0 Å². The van der Waals surface area contributed by atoms with Crippen molar-refractivity contribution in [2.75, 3.05) is 19.4 Å². The third-order valence-corrected chi connectivity index (χ3v) is 18.9. The number of carboxylic acid groups (broad SMARTS) is 1. The second kappa shape index (κ2) is 8.74. The molecule has 2 heterocycles. The van der Waals surface area contributed by atoms with E-state index < -0.39 is 25.3 Å². The Morgan fingerprint density at radius 1 is 1.06 bits per heavy atom. The fourth-order valence-electron chi connectivity index (χ4n) is 11.4. The zero-order valence-corrected chi connectivity index (χ0v) is 23.3. The Morgan fingerprint density at radius 3 is 2.50 bits per heavy atom. The van der Waals surface area contributed by atoms with E-state index in [0.29, 0.717) is 29.1 Å². The molecule has 0 aromatic heterocycles. The Morgan fingerprint density at radius 2 is 1.79 bits per heavy atom. The average molecular weight is 493 g/mol. The molecule has 5 heteroatoms. The van der Waals surface area contributed by atoms with Crippen LogP contribution in [0.2, 0.25) is 0 Å². The van der Waals surface area contributed by atoms with Gasteiger partial charge in [0.1, 0.15) is 0 Å². The third-order valence-electron chi connectivity index (χ3n) is 12.6. The number of carbonyl (C=O) groups is 2. The first-order valence-electron chi connectivity index (χ1n) is 14.4. The first-order valence-corrected chi connectivity index (χ1v) is 17.3. The summed E-state index contributed by atoms with van der Waals surface area (Å²) < 4.78 is 5.46. The summed E-state index contributed by atoms with van der Waals surface area (Å²) in [6.07, 6.45) is 14.0. The molecule has 9 atom stereocenters. The van der Waals surface area contributed by atoms with Crippen LogP contribution in [0, 0.1) is 46.3 Å². The molecular formula is C29H49O4P. The standard InChI is InChI=1S/C29H49O4P/c1-18(2)20-10-14-29(27(32)33-17-25(30)31)15-11-23-21(26(20)29)8-9-24-28(4)13-6-7-19(3)22(28)12-16-34(23,24)5/h18-24,26,34H,6-17H2,1-5H3,(H,30,31). The molecule has 5 fully saturated rings. The number of esters is 1. The molecule has 0 bridgehead atoms. The molecule has 2 aliphatic heterocycles. The number of fused-ring (bicyclic) bond motifs is 7. The Bertz CT molecular complexity index is 827. The third kappa shape index (κ3) is 3.54. The molecule has 194 valence electrons. The number of carboxylic acids is 1. The van der Waals surface area contributed by atoms with Crippen LogP contribution in [0.3, 0.4) is 0 Å². The number of carbonyl (C=O) groups excluding carboxylic acids is 1. The fraction of sp³-hybridized carbons (Fsp3) is 0.931. The van der Waals surface area contributed by atoms with E-state index in [1.54, 1.807) is 0 Å². The molecule has 0 radical (unpaired) electrons. The first kappa shape index (κ1) is 25.0. The van der Waals surface area contributed by atoms with Crippen LogP contribution in [0.5, 0.6) is 0 Å². The van der Waals surface area contributed by atoms with Gasteiger partial charge < -0.3 is 0 Å². The van der Waals surface area contributed by atoms with Crippen molar-refractivity contribution in [1.29, 1.82) is 0 Å². The summed E-state index contributed by atoms with van der Waals surface area (Å²) in [5.41, 5.74) is 1.91. The minimum absolute atomic E-state index is 0.188. The normalized spacial score (nSPS) is 48.1. The average Bonchev–Trinajstić information content (AvgIpc) is 3.18. The van der Waals surface area contributed by atoms with Gasteiger partial charge in [-0.2, -0.15) is 0 Å². The van der Waals surface area contributed by atoms with Crippen molar-refractivity contribution in [3.63, 3.8) is 0 Å². The summed E-state index contributed by atoms with van der Waals surface area (Å²) >= 11 is 0. The Kier molecular flexibility index (Phi) is 6.44. The van der Waals surface area contributed by atoms with Crippen LogP contribution in [0.1, 0.15) is 91.9 Å². The molecule has 0 aromatic rings. The molecule has 1 N–H and O–H groups in total. The molecule has 3 aliphatic carbocycles. The van der Waals surface area contributed by atoms with Gasteiger partial charge >= 0.3 is 208 Å². The van der Waals surface area contributed by atoms with Crippen molar-refractivity contribution < 1.29 is 19.4 Å². The van der Waals surface area contributed by atoms with Crippen LogP contribution in [-0.4, -0.2) is 47.8 Å². The predicted molar refractivity (Wildman–Crippen MR) is 140 cm³/mol. The summed E-state index contributed by atoms with van der Waals surface area (Å²) in [5, 5.41) is 9.16. The second-order valence-corrected chi connectivity index (χ2v) is 19.0. The van der Waals surface area contributed by atoms with Gasteiger partial charge in [-0.05, 0) is 0 Å². The fourth-order valence-corrected chi connectivity index (χ4v) is 18.4. The number of hydrogen-bond donors (Lipinski definition) is 1. The van der Waals surface area contributed by atoms with Gasteiger partial charge in [0.15, 0.2) is 0 Å². The maximum atomic E-state index is 13.5. The van der Waals surface area contributed by atoms with Crippen LogP contribution >= 0.6 is 7.26 Å². The van der Waals surface area contributed by atoms with Gasteiger partial charge in [-0.25, -0.2) is 0 Å². The van der Waals surface area contributed by atoms with E-state index in [1.165, 1.54) is 51.1 Å². The molecule has 3 saturated carbocycles. The van der Waals surface area contributed by atoms with Crippen molar-refractivity contribution >= 4 is 19.2 Å². The molecule has 0 spiro atoms. The summed E-state index contributed by atoms with van der Waals surface area (Å²) in [6, 6.07) is 0. The molecular weight excluding hydrogens is 443 g/mol. The number of rotatable bonds is 4. The Balaban J connectivity index is 1.47. The van der Waals surface area contributed by atoms with Gasteiger partial charge in [0.25, 0.3) is 0 Å². The molecule has 4 nitrogen and oxygen atoms in total. The van der Waals surface area contributed by atoms with Crippen LogP contribution in [0.25, 0.3) is 0 Å². The van der Waals surface area contributed by atoms with Crippen LogP contribution in [-0.2, 0) is 14.3 Å². The zero-order valence-electron chi connectivity index (χ0n) is 22.3. The molecule has 9 unspecified atom stereocenters. The molecule has 0 amide bonds. The van der Waals surface area contributed by atoms with E-state index in [1.807, 2.05) is 0 Å². The zero-order chi connectivity index (χ0) is 24.5. The summed E-state index contributed by atoms with van der Waals surface area (Å²) in [5.74, 6) is 2.76. The van der Waals surface area contributed by atoms with Crippen molar-refractivity contribution in [3.05, 3.63) is 0 Å². The second-order valence-electron chi connectivity index (χ2n) is 14.1. The quantitative estimate of drug-likeness (QED) is 0.362. The van der Waals surface area contributed by atoms with E-state index in [-0.39, 0.29) is 5.97 Å². The van der Waals surface area contributed by atoms with Gasteiger partial charge in [-0.3, -0.25) is 0 Å². The monoisotopic (exact) mass is 492 g/mol. The molecule has 5 aliphatic rings. The van der Waals surface area contributed by atoms with E-state index in [0.717, 1.165) is 42.4 Å². The van der Waals surface area contributed by atoms with E-state index in [4.69, 9.17) is 9.84 Å². The number of ether oxygens (including phenoxy) is 1. The van der Waals surface area contributed by atoms with E-state index >= 15 is 0 Å². The van der Waals surface area contributed by atoms with Crippen molar-refractivity contribution in [2.24, 2.45) is 46.3 Å². The number of aliphatic carboxylic acids is 1. The van der Waals surface area contributed by atoms with Gasteiger partial charge in [0, 0.05) is 0 Å². The van der Waals surface area contributed by atoms with Gasteiger partial charge in [0.05, 0.1) is 0 Å². The van der Waals surface area contributed by atoms with Crippen molar-refractivity contribution in [2.45, 2.75) is 103 Å². The summed E-state index contributed by atoms with van der Waals surface area (Å²) in [6.45, 7) is 12.2. The van der Waals surface area contributed by atoms with E-state index in [2.05, 4.69) is 34.4 Å². The number of hydrogen-bond acceptors (Lipinski definition) is 3. The SMILES string of the molecule is CC(C)C1CCC2(C(=O)OCC(=O)O)CCC3C(CCC4C5(C)CCCC(C)C5CC[PH]34C)C12. The summed E-state index contributed by atoms with van der Waals surface area (Å²) in [7, 11) is -1.50. The molecule has 0 aromatic carbocycles. The van der Waals surface area contributed by atoms with Crippen LogP contribution in [0.4, 0.5) is 0 Å². The Hall–Kier alpha value is -0.630. The molecule has 2 saturated heterocycles. The topological polar surface area (TPSA) is 63.6 Å². The summed E-state index contributed by atoms with van der Waals surface area (Å²) in [4.78, 5) is 24.7. The first-order chi connectivity index (χ1) is 16.0. The Labute approximate surface area is 207 Å². The van der Waals surface area contributed by atoms with Gasteiger partial charge in [0.2, 0.25) is 0 Å². The van der Waals surface area contributed by atoms with Crippen LogP contribution in [0.15, 0.2) is 0 Å². The van der Waals surface area contributed by atoms with Crippen molar-refractivity contribution in [3.8, 4) is 0 Å². The predicted octanol–water partition coefficient (Wildman–Crippen LogP) is 6.45. The molecule has 5 rings (SSSR count). The van der Waals surface area contributed by atoms with E-state index in [9.17, 15) is 9.59 Å². The van der Waals surface area contributed by atoms with Gasteiger partial charge in [-0.1, -0.05) is 0 Å². The molecule has 34 heavy (non-hydrogen) atoms.